The summed E-state index contributed by atoms with van der Waals surface area (Å²) in [5, 5.41) is 0. The molecule has 2 rings (SSSR count). The van der Waals surface area contributed by atoms with Crippen LogP contribution in [0.4, 0.5) is 5.69 Å². The smallest absolute Gasteiger partial charge is 0.0314 e. The number of hydrogen-bond donors (Lipinski definition) is 1. The molecule has 112 valence electrons. The van der Waals surface area contributed by atoms with Crippen LogP contribution in [0.2, 0.25) is 0 Å². The van der Waals surface area contributed by atoms with Crippen LogP contribution in [0.25, 0.3) is 0 Å². The Morgan fingerprint density at radius 1 is 0.857 bits per heavy atom. The maximum absolute atomic E-state index is 5.78. The molecule has 0 aliphatic carbocycles. The highest BCUT2D eigenvalue weighted by Crippen LogP contribution is 2.30. The molecule has 0 saturated carbocycles. The molecule has 0 heterocycles. The molecule has 0 unspecified atom stereocenters. The third-order valence-corrected chi connectivity index (χ3v) is 4.14. The maximum atomic E-state index is 5.78. The summed E-state index contributed by atoms with van der Waals surface area (Å²) in [7, 11) is 0. The zero-order valence-corrected chi connectivity index (χ0v) is 13.3. The van der Waals surface area contributed by atoms with Crippen molar-refractivity contribution in [3.8, 4) is 0 Å². The normalized spacial score (nSPS) is 11.0. The van der Waals surface area contributed by atoms with Crippen LogP contribution in [-0.4, -0.2) is 0 Å². The third kappa shape index (κ3) is 4.35. The van der Waals surface area contributed by atoms with Crippen molar-refractivity contribution in [2.24, 2.45) is 0 Å². The summed E-state index contributed by atoms with van der Waals surface area (Å²) in [6, 6.07) is 17.2. The van der Waals surface area contributed by atoms with Crippen molar-refractivity contribution >= 4 is 5.69 Å². The Morgan fingerprint density at radius 3 is 2.10 bits per heavy atom. The lowest BCUT2D eigenvalue weighted by molar-refractivity contribution is 0.557. The van der Waals surface area contributed by atoms with E-state index in [9.17, 15) is 0 Å². The zero-order chi connectivity index (χ0) is 15.1. The number of rotatable bonds is 7. The summed E-state index contributed by atoms with van der Waals surface area (Å²) in [5.41, 5.74) is 11.0. The highest BCUT2D eigenvalue weighted by molar-refractivity contribution is 5.42. The number of hydrogen-bond acceptors (Lipinski definition) is 1. The van der Waals surface area contributed by atoms with E-state index in [4.69, 9.17) is 5.73 Å². The average Bonchev–Trinajstić information content (AvgIpc) is 2.50. The van der Waals surface area contributed by atoms with E-state index in [2.05, 4.69) is 50.2 Å². The second kappa shape index (κ2) is 7.87. The number of nitrogens with two attached hydrogens (primary N) is 1. The molecule has 0 aliphatic heterocycles. The minimum absolute atomic E-state index is 0.699. The molecule has 0 amide bonds. The third-order valence-electron chi connectivity index (χ3n) is 4.14. The van der Waals surface area contributed by atoms with Gasteiger partial charge in [0, 0.05) is 5.69 Å². The highest BCUT2D eigenvalue weighted by atomic mass is 14.5. The van der Waals surface area contributed by atoms with Crippen LogP contribution in [-0.2, 0) is 6.42 Å². The van der Waals surface area contributed by atoms with Gasteiger partial charge in [-0.3, -0.25) is 0 Å². The van der Waals surface area contributed by atoms with Gasteiger partial charge >= 0.3 is 0 Å². The molecule has 0 spiro atoms. The van der Waals surface area contributed by atoms with Gasteiger partial charge in [-0.05, 0) is 54.0 Å². The van der Waals surface area contributed by atoms with E-state index in [1.54, 1.807) is 0 Å². The van der Waals surface area contributed by atoms with Gasteiger partial charge < -0.3 is 5.73 Å². The summed E-state index contributed by atoms with van der Waals surface area (Å²) in [6.45, 7) is 4.57. The largest absolute Gasteiger partial charge is 0.399 e. The minimum atomic E-state index is 0.699. The predicted molar refractivity (Wildman–Crippen MR) is 92.7 cm³/mol. The Labute approximate surface area is 129 Å². The maximum Gasteiger partial charge on any atom is 0.0314 e. The van der Waals surface area contributed by atoms with Crippen LogP contribution >= 0.6 is 0 Å². The minimum Gasteiger partial charge on any atom is -0.399 e. The molecule has 0 fully saturated rings. The number of benzene rings is 2. The topological polar surface area (TPSA) is 26.0 Å². The Balaban J connectivity index is 2.24. The van der Waals surface area contributed by atoms with Crippen molar-refractivity contribution in [3.05, 3.63) is 65.2 Å². The molecule has 0 radical (unpaired) electrons. The molecule has 1 nitrogen and oxygen atoms in total. The predicted octanol–water partition coefficient (Wildman–Crippen LogP) is 5.54. The van der Waals surface area contributed by atoms with Crippen molar-refractivity contribution in [2.45, 2.75) is 51.9 Å². The molecule has 0 atom stereocenters. The summed E-state index contributed by atoms with van der Waals surface area (Å²) in [4.78, 5) is 0. The zero-order valence-electron chi connectivity index (χ0n) is 13.3. The first-order valence-electron chi connectivity index (χ1n) is 8.16. The fourth-order valence-electron chi connectivity index (χ4n) is 3.10. The molecule has 2 aromatic rings. The summed E-state index contributed by atoms with van der Waals surface area (Å²) < 4.78 is 0. The van der Waals surface area contributed by atoms with Gasteiger partial charge in [0.15, 0.2) is 0 Å². The molecule has 21 heavy (non-hydrogen) atoms. The molecule has 1 heteroatoms. The SMILES string of the molecule is CCCC(CCC)c1ccccc1Cc1ccc(N)cc1. The highest BCUT2D eigenvalue weighted by Gasteiger charge is 2.13. The van der Waals surface area contributed by atoms with E-state index in [1.807, 2.05) is 12.1 Å². The van der Waals surface area contributed by atoms with Gasteiger partial charge in [0.05, 0.1) is 0 Å². The fourth-order valence-corrected chi connectivity index (χ4v) is 3.10. The van der Waals surface area contributed by atoms with Crippen molar-refractivity contribution in [1.29, 1.82) is 0 Å². The Hall–Kier alpha value is -1.76. The van der Waals surface area contributed by atoms with Crippen molar-refractivity contribution in [3.63, 3.8) is 0 Å². The fraction of sp³-hybridized carbons (Fsp3) is 0.400. The average molecular weight is 281 g/mol. The molecule has 0 saturated heterocycles. The summed E-state index contributed by atoms with van der Waals surface area (Å²) >= 11 is 0. The second-order valence-electron chi connectivity index (χ2n) is 5.89. The van der Waals surface area contributed by atoms with E-state index in [-0.39, 0.29) is 0 Å². The second-order valence-corrected chi connectivity index (χ2v) is 5.89. The molecular weight excluding hydrogens is 254 g/mol. The lowest BCUT2D eigenvalue weighted by Crippen LogP contribution is -2.03. The van der Waals surface area contributed by atoms with Gasteiger partial charge in [0.2, 0.25) is 0 Å². The van der Waals surface area contributed by atoms with Crippen molar-refractivity contribution in [2.75, 3.05) is 5.73 Å². The number of anilines is 1. The molecule has 0 bridgehead atoms. The first kappa shape index (κ1) is 15.6. The van der Waals surface area contributed by atoms with Gasteiger partial charge in [-0.15, -0.1) is 0 Å². The lowest BCUT2D eigenvalue weighted by Gasteiger charge is -2.20. The van der Waals surface area contributed by atoms with Gasteiger partial charge in [-0.2, -0.15) is 0 Å². The van der Waals surface area contributed by atoms with E-state index >= 15 is 0 Å². The van der Waals surface area contributed by atoms with E-state index in [0.717, 1.165) is 12.1 Å². The summed E-state index contributed by atoms with van der Waals surface area (Å²) in [6.07, 6.45) is 6.07. The number of nitrogen functional groups attached to an aromatic ring is 1. The Bertz CT molecular complexity index is 536. The molecule has 0 aromatic heterocycles. The van der Waals surface area contributed by atoms with E-state index in [0.29, 0.717) is 5.92 Å². The Morgan fingerprint density at radius 2 is 1.48 bits per heavy atom. The monoisotopic (exact) mass is 281 g/mol. The van der Waals surface area contributed by atoms with Gasteiger partial charge in [-0.25, -0.2) is 0 Å². The van der Waals surface area contributed by atoms with Crippen LogP contribution in [0.15, 0.2) is 48.5 Å². The van der Waals surface area contributed by atoms with E-state index < -0.39 is 0 Å². The summed E-state index contributed by atoms with van der Waals surface area (Å²) in [5.74, 6) is 0.699. The van der Waals surface area contributed by atoms with Crippen molar-refractivity contribution < 1.29 is 0 Å². The van der Waals surface area contributed by atoms with Gasteiger partial charge in [-0.1, -0.05) is 63.1 Å². The molecule has 0 aliphatic rings. The lowest BCUT2D eigenvalue weighted by atomic mass is 9.85. The first-order valence-corrected chi connectivity index (χ1v) is 8.16. The van der Waals surface area contributed by atoms with Crippen LogP contribution in [0.1, 0.15) is 62.1 Å². The standard InChI is InChI=1S/C20H27N/c1-3-7-17(8-4-2)20-10-6-5-9-18(20)15-16-11-13-19(21)14-12-16/h5-6,9-14,17H,3-4,7-8,15,21H2,1-2H3. The molecule has 2 N–H and O–H groups in total. The van der Waals surface area contributed by atoms with Crippen LogP contribution < -0.4 is 5.73 Å². The first-order chi connectivity index (χ1) is 10.2. The van der Waals surface area contributed by atoms with Gasteiger partial charge in [0.1, 0.15) is 0 Å². The van der Waals surface area contributed by atoms with Crippen LogP contribution in [0.5, 0.6) is 0 Å². The van der Waals surface area contributed by atoms with Gasteiger partial charge in [0.25, 0.3) is 0 Å². The Kier molecular flexibility index (Phi) is 5.86. The molecule has 2 aromatic carbocycles. The quantitative estimate of drug-likeness (QED) is 0.662. The van der Waals surface area contributed by atoms with Crippen LogP contribution in [0.3, 0.4) is 0 Å². The van der Waals surface area contributed by atoms with Crippen LogP contribution in [0, 0.1) is 0 Å². The van der Waals surface area contributed by atoms with Crippen molar-refractivity contribution in [1.82, 2.24) is 0 Å². The molecular formula is C20H27N. The van der Waals surface area contributed by atoms with E-state index in [1.165, 1.54) is 42.4 Å².